The highest BCUT2D eigenvalue weighted by Crippen LogP contribution is 2.14. The quantitative estimate of drug-likeness (QED) is 0.900. The normalized spacial score (nSPS) is 10.2. The first-order valence-corrected chi connectivity index (χ1v) is 6.72. The van der Waals surface area contributed by atoms with Crippen LogP contribution in [0.25, 0.3) is 0 Å². The standard InChI is InChI=1S/C15H14BrNO2/c16-14-7-5-12(6-8-14)9-11-1-3-13(4-2-11)10-17-15(18)19/h1-8,17H,9-10H2,(H,18,19). The molecule has 2 rings (SSSR count). The molecule has 0 aliphatic carbocycles. The van der Waals surface area contributed by atoms with Crippen molar-refractivity contribution in [1.82, 2.24) is 5.32 Å². The number of amides is 1. The van der Waals surface area contributed by atoms with Crippen LogP contribution >= 0.6 is 15.9 Å². The van der Waals surface area contributed by atoms with Gasteiger partial charge in [-0.15, -0.1) is 0 Å². The van der Waals surface area contributed by atoms with Gasteiger partial charge in [-0.05, 0) is 35.2 Å². The van der Waals surface area contributed by atoms with Crippen LogP contribution in [0.3, 0.4) is 0 Å². The van der Waals surface area contributed by atoms with Crippen LogP contribution in [0, 0.1) is 0 Å². The minimum Gasteiger partial charge on any atom is -0.465 e. The van der Waals surface area contributed by atoms with Gasteiger partial charge in [0.1, 0.15) is 0 Å². The third-order valence-electron chi connectivity index (χ3n) is 2.79. The fourth-order valence-electron chi connectivity index (χ4n) is 1.79. The summed E-state index contributed by atoms with van der Waals surface area (Å²) in [7, 11) is 0. The van der Waals surface area contributed by atoms with E-state index in [4.69, 9.17) is 5.11 Å². The van der Waals surface area contributed by atoms with E-state index in [0.29, 0.717) is 6.54 Å². The van der Waals surface area contributed by atoms with E-state index in [-0.39, 0.29) is 0 Å². The Kier molecular flexibility index (Phi) is 4.58. The summed E-state index contributed by atoms with van der Waals surface area (Å²) in [6, 6.07) is 16.2. The first-order chi connectivity index (χ1) is 9.13. The number of nitrogens with one attached hydrogen (secondary N) is 1. The molecule has 0 heterocycles. The van der Waals surface area contributed by atoms with E-state index >= 15 is 0 Å². The molecule has 0 aromatic heterocycles. The molecule has 3 nitrogen and oxygen atoms in total. The molecule has 0 fully saturated rings. The van der Waals surface area contributed by atoms with Crippen LogP contribution in [0.2, 0.25) is 0 Å². The highest BCUT2D eigenvalue weighted by Gasteiger charge is 1.99. The molecule has 0 bridgehead atoms. The summed E-state index contributed by atoms with van der Waals surface area (Å²) in [5, 5.41) is 10.9. The molecule has 0 unspecified atom stereocenters. The lowest BCUT2D eigenvalue weighted by Gasteiger charge is -2.05. The van der Waals surface area contributed by atoms with Crippen molar-refractivity contribution < 1.29 is 9.90 Å². The van der Waals surface area contributed by atoms with Crippen molar-refractivity contribution in [2.24, 2.45) is 0 Å². The zero-order valence-electron chi connectivity index (χ0n) is 10.3. The van der Waals surface area contributed by atoms with E-state index in [2.05, 4.69) is 33.4 Å². The smallest absolute Gasteiger partial charge is 0.404 e. The first kappa shape index (κ1) is 13.6. The molecule has 2 N–H and O–H groups in total. The number of benzene rings is 2. The number of carbonyl (C=O) groups is 1. The molecule has 0 radical (unpaired) electrons. The monoisotopic (exact) mass is 319 g/mol. The molecule has 2 aromatic rings. The van der Waals surface area contributed by atoms with Gasteiger partial charge in [-0.2, -0.15) is 0 Å². The lowest BCUT2D eigenvalue weighted by molar-refractivity contribution is 0.194. The van der Waals surface area contributed by atoms with Gasteiger partial charge in [0.2, 0.25) is 0 Å². The molecular formula is C15H14BrNO2. The van der Waals surface area contributed by atoms with Crippen molar-refractivity contribution in [1.29, 1.82) is 0 Å². The topological polar surface area (TPSA) is 49.3 Å². The van der Waals surface area contributed by atoms with Crippen molar-refractivity contribution in [3.05, 3.63) is 69.7 Å². The van der Waals surface area contributed by atoms with Crippen LogP contribution in [-0.2, 0) is 13.0 Å². The lowest BCUT2D eigenvalue weighted by Crippen LogP contribution is -2.19. The van der Waals surface area contributed by atoms with Crippen molar-refractivity contribution in [3.63, 3.8) is 0 Å². The van der Waals surface area contributed by atoms with Crippen LogP contribution in [0.15, 0.2) is 53.0 Å². The summed E-state index contributed by atoms with van der Waals surface area (Å²) in [5.74, 6) is 0. The minimum atomic E-state index is -1.00. The summed E-state index contributed by atoms with van der Waals surface area (Å²) >= 11 is 3.41. The Morgan fingerprint density at radius 3 is 1.95 bits per heavy atom. The maximum Gasteiger partial charge on any atom is 0.404 e. The van der Waals surface area contributed by atoms with Crippen LogP contribution in [-0.4, -0.2) is 11.2 Å². The highest BCUT2D eigenvalue weighted by atomic mass is 79.9. The molecule has 0 atom stereocenters. The van der Waals surface area contributed by atoms with Crippen molar-refractivity contribution in [3.8, 4) is 0 Å². The third kappa shape index (κ3) is 4.41. The third-order valence-corrected chi connectivity index (χ3v) is 3.32. The van der Waals surface area contributed by atoms with Gasteiger partial charge >= 0.3 is 6.09 Å². The second kappa shape index (κ2) is 6.38. The molecule has 1 amide bonds. The van der Waals surface area contributed by atoms with Gasteiger partial charge in [-0.25, -0.2) is 4.79 Å². The second-order valence-electron chi connectivity index (χ2n) is 4.28. The zero-order chi connectivity index (χ0) is 13.7. The minimum absolute atomic E-state index is 0.341. The van der Waals surface area contributed by atoms with Gasteiger partial charge in [0, 0.05) is 11.0 Å². The SMILES string of the molecule is O=C(O)NCc1ccc(Cc2ccc(Br)cc2)cc1. The van der Waals surface area contributed by atoms with E-state index in [1.165, 1.54) is 11.1 Å². The fraction of sp³-hybridized carbons (Fsp3) is 0.133. The molecule has 0 aliphatic heterocycles. The molecule has 0 saturated heterocycles. The van der Waals surface area contributed by atoms with Gasteiger partial charge < -0.3 is 10.4 Å². The second-order valence-corrected chi connectivity index (χ2v) is 5.19. The van der Waals surface area contributed by atoms with Crippen molar-refractivity contribution >= 4 is 22.0 Å². The van der Waals surface area contributed by atoms with E-state index < -0.39 is 6.09 Å². The maximum absolute atomic E-state index is 10.4. The average molecular weight is 320 g/mol. The molecular weight excluding hydrogens is 306 g/mol. The number of halogens is 1. The Labute approximate surface area is 120 Å². The lowest BCUT2D eigenvalue weighted by atomic mass is 10.0. The van der Waals surface area contributed by atoms with E-state index in [1.807, 2.05) is 36.4 Å². The van der Waals surface area contributed by atoms with Crippen molar-refractivity contribution in [2.45, 2.75) is 13.0 Å². The van der Waals surface area contributed by atoms with Crippen LogP contribution in [0.5, 0.6) is 0 Å². The Morgan fingerprint density at radius 2 is 1.42 bits per heavy atom. The molecule has 2 aromatic carbocycles. The molecule has 98 valence electrons. The number of carboxylic acid groups (broad SMARTS) is 1. The van der Waals surface area contributed by atoms with Gasteiger partial charge in [-0.3, -0.25) is 0 Å². The highest BCUT2D eigenvalue weighted by molar-refractivity contribution is 9.10. The number of rotatable bonds is 4. The maximum atomic E-state index is 10.4. The Morgan fingerprint density at radius 1 is 0.947 bits per heavy atom. The molecule has 0 spiro atoms. The summed E-state index contributed by atoms with van der Waals surface area (Å²) in [4.78, 5) is 10.4. The van der Waals surface area contributed by atoms with Gasteiger partial charge in [0.15, 0.2) is 0 Å². The van der Waals surface area contributed by atoms with Crippen molar-refractivity contribution in [2.75, 3.05) is 0 Å². The van der Waals surface area contributed by atoms with Gasteiger partial charge in [-0.1, -0.05) is 52.3 Å². The Hall–Kier alpha value is -1.81. The van der Waals surface area contributed by atoms with Crippen LogP contribution < -0.4 is 5.32 Å². The molecule has 4 heteroatoms. The predicted molar refractivity (Wildman–Crippen MR) is 78.3 cm³/mol. The van der Waals surface area contributed by atoms with Gasteiger partial charge in [0.05, 0.1) is 0 Å². The first-order valence-electron chi connectivity index (χ1n) is 5.92. The molecule has 0 saturated carbocycles. The zero-order valence-corrected chi connectivity index (χ0v) is 11.9. The Balaban J connectivity index is 1.98. The van der Waals surface area contributed by atoms with Crippen LogP contribution in [0.4, 0.5) is 4.79 Å². The molecule has 19 heavy (non-hydrogen) atoms. The van der Waals surface area contributed by atoms with Crippen LogP contribution in [0.1, 0.15) is 16.7 Å². The van der Waals surface area contributed by atoms with E-state index in [9.17, 15) is 4.79 Å². The van der Waals surface area contributed by atoms with Gasteiger partial charge in [0.25, 0.3) is 0 Å². The summed E-state index contributed by atoms with van der Waals surface area (Å²) in [6.45, 7) is 0.341. The van der Waals surface area contributed by atoms with E-state index in [0.717, 1.165) is 16.5 Å². The average Bonchev–Trinajstić information content (AvgIpc) is 2.40. The van der Waals surface area contributed by atoms with E-state index in [1.54, 1.807) is 0 Å². The summed E-state index contributed by atoms with van der Waals surface area (Å²) < 4.78 is 1.08. The summed E-state index contributed by atoms with van der Waals surface area (Å²) in [6.07, 6.45) is -0.126. The predicted octanol–water partition coefficient (Wildman–Crippen LogP) is 3.81. The summed E-state index contributed by atoms with van der Waals surface area (Å²) in [5.41, 5.74) is 3.42. The molecule has 0 aliphatic rings. The largest absolute Gasteiger partial charge is 0.465 e. The number of hydrogen-bond donors (Lipinski definition) is 2. The Bertz CT molecular complexity index is 549. The fourth-order valence-corrected chi connectivity index (χ4v) is 2.05. The number of hydrogen-bond acceptors (Lipinski definition) is 1.